The lowest BCUT2D eigenvalue weighted by atomic mass is 10.2. The minimum Gasteiger partial charge on any atom is -0.481 e. The van der Waals surface area contributed by atoms with Crippen LogP contribution in [-0.4, -0.2) is 31.3 Å². The van der Waals surface area contributed by atoms with Gasteiger partial charge in [0, 0.05) is 0 Å². The fourth-order valence-corrected chi connectivity index (χ4v) is 2.73. The maximum Gasteiger partial charge on any atom is 0.307 e. The van der Waals surface area contributed by atoms with E-state index in [-0.39, 0.29) is 23.1 Å². The minimum absolute atomic E-state index is 0.0618. The zero-order valence-electron chi connectivity index (χ0n) is 10.1. The smallest absolute Gasteiger partial charge is 0.307 e. The largest absolute Gasteiger partial charge is 0.481 e. The molecule has 104 valence electrons. The average molecular weight is 303 g/mol. The normalized spacial score (nSPS) is 10.8. The number of carboxylic acid groups (broad SMARTS) is 1. The third-order valence-corrected chi connectivity index (χ3v) is 3.74. The molecule has 0 radical (unpaired) electrons. The van der Waals surface area contributed by atoms with Gasteiger partial charge in [-0.2, -0.15) is 0 Å². The molecule has 0 saturated heterocycles. The Balaban J connectivity index is 2.95. The molecular weight excluding hydrogens is 290 g/mol. The predicted molar refractivity (Wildman–Crippen MR) is 72.3 cm³/mol. The second-order valence-corrected chi connectivity index (χ2v) is 5.60. The van der Waals surface area contributed by atoms with Crippen LogP contribution >= 0.6 is 12.2 Å². The number of carboxylic acids is 1. The van der Waals surface area contributed by atoms with Crippen molar-refractivity contribution >= 4 is 33.4 Å². The summed E-state index contributed by atoms with van der Waals surface area (Å²) in [5.41, 5.74) is 0.387. The number of aliphatic carboxylic acids is 1. The van der Waals surface area contributed by atoms with Crippen molar-refractivity contribution < 1.29 is 23.1 Å². The third kappa shape index (κ3) is 4.84. The number of carbonyl (C=O) groups is 1. The zero-order valence-corrected chi connectivity index (χ0v) is 11.8. The summed E-state index contributed by atoms with van der Waals surface area (Å²) in [4.78, 5) is 10.5. The number of hydrogen-bond donors (Lipinski definition) is 2. The van der Waals surface area contributed by atoms with Crippen molar-refractivity contribution in [3.8, 4) is 0 Å². The van der Waals surface area contributed by atoms with Crippen molar-refractivity contribution in [3.63, 3.8) is 0 Å². The van der Waals surface area contributed by atoms with Gasteiger partial charge < -0.3 is 9.84 Å². The highest BCUT2D eigenvalue weighted by Gasteiger charge is 2.16. The van der Waals surface area contributed by atoms with Gasteiger partial charge in [-0.1, -0.05) is 12.1 Å². The van der Waals surface area contributed by atoms with Gasteiger partial charge in [-0.3, -0.25) is 4.79 Å². The van der Waals surface area contributed by atoms with Crippen LogP contribution < -0.4 is 4.72 Å². The Kier molecular flexibility index (Phi) is 5.25. The van der Waals surface area contributed by atoms with E-state index in [1.807, 2.05) is 0 Å². The Morgan fingerprint density at radius 2 is 2.16 bits per heavy atom. The van der Waals surface area contributed by atoms with Gasteiger partial charge in [0.1, 0.15) is 0 Å². The monoisotopic (exact) mass is 303 g/mol. The van der Waals surface area contributed by atoms with Crippen LogP contribution in [0.5, 0.6) is 0 Å². The van der Waals surface area contributed by atoms with E-state index in [1.54, 1.807) is 6.92 Å². The van der Waals surface area contributed by atoms with Crippen molar-refractivity contribution in [2.45, 2.75) is 18.2 Å². The van der Waals surface area contributed by atoms with Gasteiger partial charge in [0.15, 0.2) is 0 Å². The number of rotatable bonds is 5. The maximum atomic E-state index is 11.9. The summed E-state index contributed by atoms with van der Waals surface area (Å²) in [6.07, 6.45) is -0.251. The first kappa shape index (κ1) is 15.4. The number of hydrogen-bond acceptors (Lipinski definition) is 5. The molecule has 0 heterocycles. The molecule has 2 N–H and O–H groups in total. The van der Waals surface area contributed by atoms with Gasteiger partial charge in [-0.25, -0.2) is 13.1 Å². The van der Waals surface area contributed by atoms with Gasteiger partial charge in [-0.05, 0) is 36.8 Å². The Bertz CT molecular complexity index is 583. The number of nitrogens with one attached hydrogen (secondary N) is 1. The van der Waals surface area contributed by atoms with Crippen molar-refractivity contribution in [2.24, 2.45) is 0 Å². The molecule has 0 bridgehead atoms. The summed E-state index contributed by atoms with van der Waals surface area (Å²) in [7, 11) is -3.85. The highest BCUT2D eigenvalue weighted by molar-refractivity contribution is 7.91. The Morgan fingerprint density at radius 1 is 1.47 bits per heavy atom. The second-order valence-electron chi connectivity index (χ2n) is 3.54. The van der Waals surface area contributed by atoms with E-state index in [9.17, 15) is 13.2 Å². The van der Waals surface area contributed by atoms with Crippen molar-refractivity contribution in [1.82, 2.24) is 4.72 Å². The molecule has 8 heteroatoms. The molecule has 1 rings (SSSR count). The first-order valence-corrected chi connectivity index (χ1v) is 7.24. The molecule has 19 heavy (non-hydrogen) atoms. The van der Waals surface area contributed by atoms with Crippen LogP contribution in [0.3, 0.4) is 0 Å². The molecule has 0 unspecified atom stereocenters. The minimum atomic E-state index is -3.85. The molecule has 1 aromatic rings. The molecule has 0 atom stereocenters. The van der Waals surface area contributed by atoms with Crippen LogP contribution in [0.1, 0.15) is 12.5 Å². The maximum absolute atomic E-state index is 11.9. The molecule has 0 amide bonds. The molecule has 0 aliphatic rings. The van der Waals surface area contributed by atoms with E-state index < -0.39 is 16.0 Å². The Morgan fingerprint density at radius 3 is 2.74 bits per heavy atom. The van der Waals surface area contributed by atoms with Gasteiger partial charge in [0.25, 0.3) is 15.2 Å². The highest BCUT2D eigenvalue weighted by Crippen LogP contribution is 2.12. The topological polar surface area (TPSA) is 92.7 Å². The molecule has 0 spiro atoms. The first-order chi connectivity index (χ1) is 8.85. The number of sulfonamides is 1. The summed E-state index contributed by atoms with van der Waals surface area (Å²) in [6, 6.07) is 5.64. The third-order valence-electron chi connectivity index (χ3n) is 2.06. The first-order valence-electron chi connectivity index (χ1n) is 5.35. The average Bonchev–Trinajstić information content (AvgIpc) is 2.28. The molecule has 0 aliphatic carbocycles. The van der Waals surface area contributed by atoms with Crippen LogP contribution in [0.4, 0.5) is 0 Å². The van der Waals surface area contributed by atoms with Crippen LogP contribution in [0.15, 0.2) is 29.2 Å². The second kappa shape index (κ2) is 6.48. The fourth-order valence-electron chi connectivity index (χ4n) is 1.33. The lowest BCUT2D eigenvalue weighted by molar-refractivity contribution is -0.136. The van der Waals surface area contributed by atoms with E-state index in [4.69, 9.17) is 22.1 Å². The molecule has 0 aliphatic heterocycles. The lowest BCUT2D eigenvalue weighted by Crippen LogP contribution is -2.31. The van der Waals surface area contributed by atoms with E-state index in [1.165, 1.54) is 24.3 Å². The molecule has 0 aromatic heterocycles. The molecule has 0 saturated carbocycles. The van der Waals surface area contributed by atoms with Crippen LogP contribution in [-0.2, 0) is 26.0 Å². The molecular formula is C11H13NO5S2. The van der Waals surface area contributed by atoms with E-state index >= 15 is 0 Å². The van der Waals surface area contributed by atoms with E-state index in [0.29, 0.717) is 5.56 Å². The fraction of sp³-hybridized carbons (Fsp3) is 0.273. The molecule has 6 nitrogen and oxygen atoms in total. The van der Waals surface area contributed by atoms with E-state index in [2.05, 4.69) is 4.72 Å². The molecule has 0 fully saturated rings. The zero-order chi connectivity index (χ0) is 14.5. The van der Waals surface area contributed by atoms with Gasteiger partial charge in [0.2, 0.25) is 0 Å². The quantitative estimate of drug-likeness (QED) is 0.786. The summed E-state index contributed by atoms with van der Waals surface area (Å²) in [5.74, 6) is -1.03. The van der Waals surface area contributed by atoms with Gasteiger partial charge in [-0.15, -0.1) is 0 Å². The number of ether oxygens (including phenoxy) is 1. The standard InChI is InChI=1S/C11H13NO5S2/c1-2-17-11(18)12-19(15,16)9-5-3-4-8(6-9)7-10(13)14/h3-6H,2,7H2,1H3,(H,12,18)(H,13,14). The predicted octanol–water partition coefficient (Wildman–Crippen LogP) is 0.913. The summed E-state index contributed by atoms with van der Waals surface area (Å²) < 4.78 is 30.8. The lowest BCUT2D eigenvalue weighted by Gasteiger charge is -2.09. The van der Waals surface area contributed by atoms with Gasteiger partial charge in [0.05, 0.1) is 17.9 Å². The SMILES string of the molecule is CCOC(=S)NS(=O)(=O)c1cccc(CC(=O)O)c1. The number of benzene rings is 1. The van der Waals surface area contributed by atoms with Crippen LogP contribution in [0.2, 0.25) is 0 Å². The van der Waals surface area contributed by atoms with Crippen LogP contribution in [0, 0.1) is 0 Å². The summed E-state index contributed by atoms with van der Waals surface area (Å²) in [5, 5.41) is 8.43. The van der Waals surface area contributed by atoms with E-state index in [0.717, 1.165) is 0 Å². The van der Waals surface area contributed by atoms with Gasteiger partial charge >= 0.3 is 5.97 Å². The van der Waals surface area contributed by atoms with Crippen molar-refractivity contribution in [1.29, 1.82) is 0 Å². The molecule has 1 aromatic carbocycles. The Hall–Kier alpha value is -1.67. The summed E-state index contributed by atoms with van der Waals surface area (Å²) >= 11 is 4.70. The summed E-state index contributed by atoms with van der Waals surface area (Å²) in [6.45, 7) is 1.93. The number of thiocarbonyl (C=S) groups is 1. The highest BCUT2D eigenvalue weighted by atomic mass is 32.2. The Labute approximate surface area is 116 Å². The van der Waals surface area contributed by atoms with Crippen molar-refractivity contribution in [2.75, 3.05) is 6.61 Å². The van der Waals surface area contributed by atoms with Crippen LogP contribution in [0.25, 0.3) is 0 Å². The van der Waals surface area contributed by atoms with Crippen molar-refractivity contribution in [3.05, 3.63) is 29.8 Å².